The summed E-state index contributed by atoms with van der Waals surface area (Å²) in [7, 11) is 1.87. The molecule has 3 rings (SSSR count). The lowest BCUT2D eigenvalue weighted by Gasteiger charge is -2.16. The zero-order chi connectivity index (χ0) is 20.8. The van der Waals surface area contributed by atoms with Crippen LogP contribution in [0.3, 0.4) is 0 Å². The van der Waals surface area contributed by atoms with Gasteiger partial charge in [-0.25, -0.2) is 9.67 Å². The largest absolute Gasteiger partial charge is 0.395 e. The number of anilines is 1. The number of hydrogen-bond donors (Lipinski definition) is 1. The van der Waals surface area contributed by atoms with E-state index in [4.69, 9.17) is 16.7 Å². The average molecular weight is 413 g/mol. The first-order valence-electron chi connectivity index (χ1n) is 9.56. The fourth-order valence-corrected chi connectivity index (χ4v) is 3.34. The highest BCUT2D eigenvalue weighted by Crippen LogP contribution is 2.18. The number of Topliss-reactive ketones (excluding diaryl/α,β-unsaturated/α-hetero) is 1. The van der Waals surface area contributed by atoms with Crippen molar-refractivity contribution in [2.75, 3.05) is 25.1 Å². The number of carbonyl (C=O) groups excluding carboxylic acids is 1. The first kappa shape index (κ1) is 21.0. The van der Waals surface area contributed by atoms with Crippen LogP contribution in [-0.4, -0.2) is 45.9 Å². The number of pyridine rings is 1. The molecule has 1 N–H and O–H groups in total. The van der Waals surface area contributed by atoms with Crippen molar-refractivity contribution in [1.29, 1.82) is 0 Å². The maximum absolute atomic E-state index is 12.5. The molecule has 2 aromatic heterocycles. The molecular formula is C22H25ClN4O2. The number of halogens is 1. The van der Waals surface area contributed by atoms with Gasteiger partial charge >= 0.3 is 0 Å². The number of hydrogen-bond acceptors (Lipinski definition) is 5. The quantitative estimate of drug-likeness (QED) is 0.583. The summed E-state index contributed by atoms with van der Waals surface area (Å²) in [6.45, 7) is 2.53. The van der Waals surface area contributed by atoms with Crippen LogP contribution in [0.25, 0.3) is 5.69 Å². The van der Waals surface area contributed by atoms with Crippen LogP contribution in [0.2, 0.25) is 5.02 Å². The average Bonchev–Trinajstić information content (AvgIpc) is 3.08. The van der Waals surface area contributed by atoms with Crippen LogP contribution in [0.4, 0.5) is 5.82 Å². The van der Waals surface area contributed by atoms with Crippen molar-refractivity contribution >= 4 is 23.2 Å². The molecule has 0 aliphatic heterocycles. The van der Waals surface area contributed by atoms with Gasteiger partial charge in [-0.3, -0.25) is 4.79 Å². The summed E-state index contributed by atoms with van der Waals surface area (Å²) >= 11 is 6.10. The van der Waals surface area contributed by atoms with E-state index in [1.165, 1.54) is 0 Å². The van der Waals surface area contributed by atoms with E-state index < -0.39 is 0 Å². The predicted octanol–water partition coefficient (Wildman–Crippen LogP) is 3.40. The molecule has 2 heterocycles. The maximum Gasteiger partial charge on any atom is 0.137 e. The molecule has 0 unspecified atom stereocenters. The van der Waals surface area contributed by atoms with Crippen molar-refractivity contribution < 1.29 is 9.90 Å². The van der Waals surface area contributed by atoms with Crippen LogP contribution in [0, 0.1) is 6.92 Å². The van der Waals surface area contributed by atoms with E-state index >= 15 is 0 Å². The predicted molar refractivity (Wildman–Crippen MR) is 115 cm³/mol. The molecule has 0 saturated heterocycles. The van der Waals surface area contributed by atoms with Crippen molar-refractivity contribution in [2.45, 2.75) is 26.2 Å². The first-order valence-corrected chi connectivity index (χ1v) is 9.94. The minimum Gasteiger partial charge on any atom is -0.395 e. The fraction of sp³-hybridized carbons (Fsp3) is 0.318. The Kier molecular flexibility index (Phi) is 7.01. The number of aliphatic hydroxyl groups is 1. The van der Waals surface area contributed by atoms with Gasteiger partial charge in [0.15, 0.2) is 0 Å². The van der Waals surface area contributed by atoms with Crippen molar-refractivity contribution in [3.05, 3.63) is 70.6 Å². The van der Waals surface area contributed by atoms with Gasteiger partial charge < -0.3 is 10.0 Å². The topological polar surface area (TPSA) is 71.2 Å². The van der Waals surface area contributed by atoms with Crippen LogP contribution in [0.1, 0.15) is 23.4 Å². The third-order valence-electron chi connectivity index (χ3n) is 4.65. The third-order valence-corrected chi connectivity index (χ3v) is 4.89. The zero-order valence-electron chi connectivity index (χ0n) is 16.7. The second kappa shape index (κ2) is 9.67. The molecule has 0 aliphatic carbocycles. The molecule has 1 aromatic carbocycles. The second-order valence-corrected chi connectivity index (χ2v) is 7.49. The summed E-state index contributed by atoms with van der Waals surface area (Å²) in [5.74, 6) is 0.927. The number of likely N-dealkylation sites (N-methyl/N-ethyl adjacent to an activating group) is 1. The lowest BCUT2D eigenvalue weighted by Crippen LogP contribution is -2.22. The van der Waals surface area contributed by atoms with E-state index in [1.807, 2.05) is 66.0 Å². The first-order chi connectivity index (χ1) is 14.0. The molecule has 0 aliphatic rings. The van der Waals surface area contributed by atoms with Crippen LogP contribution >= 0.6 is 11.6 Å². The molecule has 29 heavy (non-hydrogen) atoms. The summed E-state index contributed by atoms with van der Waals surface area (Å²) in [6, 6.07) is 13.3. The minimum absolute atomic E-state index is 0.0731. The maximum atomic E-state index is 12.5. The summed E-state index contributed by atoms with van der Waals surface area (Å²) in [5, 5.41) is 14.2. The van der Waals surface area contributed by atoms with Gasteiger partial charge in [0.1, 0.15) is 11.6 Å². The SMILES string of the molecule is Cc1cc(CCC(=O)Cc2ccc(N(C)CCO)nc2)n(-c2cccc(Cl)c2)n1. The highest BCUT2D eigenvalue weighted by Gasteiger charge is 2.12. The van der Waals surface area contributed by atoms with E-state index in [2.05, 4.69) is 10.1 Å². The smallest absolute Gasteiger partial charge is 0.137 e. The van der Waals surface area contributed by atoms with Gasteiger partial charge in [-0.05, 0) is 49.2 Å². The van der Waals surface area contributed by atoms with Gasteiger partial charge in [0, 0.05) is 43.3 Å². The van der Waals surface area contributed by atoms with E-state index in [1.54, 1.807) is 6.20 Å². The highest BCUT2D eigenvalue weighted by molar-refractivity contribution is 6.30. The Morgan fingerprint density at radius 3 is 2.76 bits per heavy atom. The van der Waals surface area contributed by atoms with Gasteiger partial charge in [0.2, 0.25) is 0 Å². The van der Waals surface area contributed by atoms with E-state index in [0.717, 1.165) is 28.5 Å². The number of nitrogens with zero attached hydrogens (tertiary/aromatic N) is 4. The summed E-state index contributed by atoms with van der Waals surface area (Å²) in [5.41, 5.74) is 3.66. The number of rotatable bonds is 9. The molecular weight excluding hydrogens is 388 g/mol. The molecule has 0 bridgehead atoms. The molecule has 0 spiro atoms. The Labute approximate surface area is 175 Å². The van der Waals surface area contributed by atoms with E-state index in [0.29, 0.717) is 30.8 Å². The summed E-state index contributed by atoms with van der Waals surface area (Å²) < 4.78 is 1.85. The molecule has 0 amide bonds. The summed E-state index contributed by atoms with van der Waals surface area (Å²) in [4.78, 5) is 18.7. The Morgan fingerprint density at radius 1 is 1.24 bits per heavy atom. The van der Waals surface area contributed by atoms with Crippen LogP contribution in [0.15, 0.2) is 48.7 Å². The lowest BCUT2D eigenvalue weighted by molar-refractivity contribution is -0.118. The van der Waals surface area contributed by atoms with Gasteiger partial charge in [0.05, 0.1) is 18.0 Å². The monoisotopic (exact) mass is 412 g/mol. The van der Waals surface area contributed by atoms with Crippen molar-refractivity contribution in [3.63, 3.8) is 0 Å². The molecule has 0 radical (unpaired) electrons. The lowest BCUT2D eigenvalue weighted by atomic mass is 10.1. The van der Waals surface area contributed by atoms with Gasteiger partial charge in [-0.15, -0.1) is 0 Å². The molecule has 152 valence electrons. The Balaban J connectivity index is 1.61. The molecule has 0 fully saturated rings. The standard InChI is InChI=1S/C22H25ClN4O2/c1-16-12-20(27(25-16)19-5-3-4-18(23)14-19)7-8-21(29)13-17-6-9-22(24-15-17)26(2)10-11-28/h3-6,9,12,14-15,28H,7-8,10-11,13H2,1-2H3. The Hall–Kier alpha value is -2.70. The molecule has 7 heteroatoms. The number of carbonyl (C=O) groups is 1. The molecule has 6 nitrogen and oxygen atoms in total. The fourth-order valence-electron chi connectivity index (χ4n) is 3.16. The highest BCUT2D eigenvalue weighted by atomic mass is 35.5. The number of aliphatic hydroxyl groups excluding tert-OH is 1. The van der Waals surface area contributed by atoms with Gasteiger partial charge in [-0.1, -0.05) is 23.7 Å². The third kappa shape index (κ3) is 5.65. The Bertz CT molecular complexity index is 969. The zero-order valence-corrected chi connectivity index (χ0v) is 17.4. The molecule has 0 atom stereocenters. The molecule has 3 aromatic rings. The minimum atomic E-state index is 0.0731. The van der Waals surface area contributed by atoms with Crippen LogP contribution in [0.5, 0.6) is 0 Å². The number of ketones is 1. The van der Waals surface area contributed by atoms with Crippen molar-refractivity contribution in [3.8, 4) is 5.69 Å². The van der Waals surface area contributed by atoms with Gasteiger partial charge in [-0.2, -0.15) is 5.10 Å². The number of aromatic nitrogens is 3. The van der Waals surface area contributed by atoms with Crippen molar-refractivity contribution in [2.24, 2.45) is 0 Å². The number of benzene rings is 1. The summed E-state index contributed by atoms with van der Waals surface area (Å²) in [6.07, 6.45) is 3.11. The normalized spacial score (nSPS) is 10.9. The van der Waals surface area contributed by atoms with E-state index in [-0.39, 0.29) is 12.4 Å². The van der Waals surface area contributed by atoms with Gasteiger partial charge in [0.25, 0.3) is 0 Å². The number of aryl methyl sites for hydroxylation is 2. The van der Waals surface area contributed by atoms with Crippen LogP contribution < -0.4 is 4.90 Å². The second-order valence-electron chi connectivity index (χ2n) is 7.05. The van der Waals surface area contributed by atoms with E-state index in [9.17, 15) is 4.79 Å². The van der Waals surface area contributed by atoms with Crippen LogP contribution in [-0.2, 0) is 17.6 Å². The van der Waals surface area contributed by atoms with Crippen molar-refractivity contribution in [1.82, 2.24) is 14.8 Å². The Morgan fingerprint density at radius 2 is 2.07 bits per heavy atom. The molecule has 0 saturated carbocycles.